The zero-order valence-electron chi connectivity index (χ0n) is 13.6. The van der Waals surface area contributed by atoms with Gasteiger partial charge in [0.15, 0.2) is 0 Å². The lowest BCUT2D eigenvalue weighted by Gasteiger charge is -2.24. The van der Waals surface area contributed by atoms with Crippen molar-refractivity contribution in [1.82, 2.24) is 10.6 Å². The molecule has 2 aliphatic heterocycles. The Morgan fingerprint density at radius 1 is 1.24 bits per heavy atom. The summed E-state index contributed by atoms with van der Waals surface area (Å²) >= 11 is 0. The third-order valence-electron chi connectivity index (χ3n) is 4.43. The van der Waals surface area contributed by atoms with Gasteiger partial charge in [0.25, 0.3) is 5.91 Å². The number of fused-ring (bicyclic) bond motifs is 1. The average Bonchev–Trinajstić information content (AvgIpc) is 3.05. The Morgan fingerprint density at radius 3 is 2.84 bits per heavy atom. The third-order valence-corrected chi connectivity index (χ3v) is 4.43. The summed E-state index contributed by atoms with van der Waals surface area (Å²) in [7, 11) is 0. The van der Waals surface area contributed by atoms with Crippen LogP contribution in [0.2, 0.25) is 0 Å². The molecule has 1 saturated heterocycles. The number of benzene rings is 2. The van der Waals surface area contributed by atoms with Crippen LogP contribution in [0.4, 0.5) is 4.39 Å². The number of amidine groups is 1. The number of amides is 1. The standard InChI is InChI=1S/C19H18FN3O2/c20-15-4-1-12(2-5-15)19(24)23-18-16-6-3-13(9-14(16)10-22-18)17-11-21-7-8-25-17/h1-6,9,17,21H,7-8,10-11H2,(H,22,23,24). The van der Waals surface area contributed by atoms with Crippen molar-refractivity contribution in [3.63, 3.8) is 0 Å². The van der Waals surface area contributed by atoms with Crippen molar-refractivity contribution in [3.05, 3.63) is 70.5 Å². The predicted octanol–water partition coefficient (Wildman–Crippen LogP) is 2.18. The first kappa shape index (κ1) is 15.9. The Morgan fingerprint density at radius 2 is 2.08 bits per heavy atom. The van der Waals surface area contributed by atoms with Crippen LogP contribution in [0, 0.1) is 5.82 Å². The molecule has 0 bridgehead atoms. The molecule has 0 spiro atoms. The van der Waals surface area contributed by atoms with Crippen molar-refractivity contribution in [2.45, 2.75) is 12.6 Å². The molecule has 0 saturated carbocycles. The largest absolute Gasteiger partial charge is 0.371 e. The number of aliphatic imine (C=N–C) groups is 1. The van der Waals surface area contributed by atoms with E-state index in [2.05, 4.69) is 21.7 Å². The first-order valence-electron chi connectivity index (χ1n) is 8.27. The number of rotatable bonds is 2. The summed E-state index contributed by atoms with van der Waals surface area (Å²) in [5.74, 6) is -0.110. The lowest BCUT2D eigenvalue weighted by Crippen LogP contribution is -2.33. The SMILES string of the molecule is O=C(NC1=NCc2cc(C3CNCCO3)ccc21)c1ccc(F)cc1. The van der Waals surface area contributed by atoms with Crippen molar-refractivity contribution >= 4 is 11.7 Å². The van der Waals surface area contributed by atoms with Crippen LogP contribution in [0.25, 0.3) is 0 Å². The maximum atomic E-state index is 13.0. The van der Waals surface area contributed by atoms with Gasteiger partial charge in [-0.15, -0.1) is 0 Å². The highest BCUT2D eigenvalue weighted by atomic mass is 19.1. The summed E-state index contributed by atoms with van der Waals surface area (Å²) in [5.41, 5.74) is 3.51. The Kier molecular flexibility index (Phi) is 4.29. The normalized spacial score (nSPS) is 19.2. The van der Waals surface area contributed by atoms with Crippen LogP contribution in [0.3, 0.4) is 0 Å². The summed E-state index contributed by atoms with van der Waals surface area (Å²) < 4.78 is 18.8. The summed E-state index contributed by atoms with van der Waals surface area (Å²) in [6.45, 7) is 2.91. The zero-order valence-corrected chi connectivity index (χ0v) is 13.6. The quantitative estimate of drug-likeness (QED) is 0.881. The third kappa shape index (κ3) is 3.31. The van der Waals surface area contributed by atoms with Crippen LogP contribution >= 0.6 is 0 Å². The van der Waals surface area contributed by atoms with E-state index in [1.165, 1.54) is 24.3 Å². The van der Waals surface area contributed by atoms with E-state index in [9.17, 15) is 9.18 Å². The molecule has 6 heteroatoms. The molecule has 2 aromatic carbocycles. The molecule has 0 aliphatic carbocycles. The van der Waals surface area contributed by atoms with Crippen LogP contribution in [0.15, 0.2) is 47.5 Å². The van der Waals surface area contributed by atoms with E-state index < -0.39 is 0 Å². The molecular weight excluding hydrogens is 321 g/mol. The lowest BCUT2D eigenvalue weighted by molar-refractivity contribution is 0.0276. The second-order valence-electron chi connectivity index (χ2n) is 6.11. The van der Waals surface area contributed by atoms with Crippen molar-refractivity contribution in [3.8, 4) is 0 Å². The minimum absolute atomic E-state index is 0.0527. The van der Waals surface area contributed by atoms with Crippen LogP contribution < -0.4 is 10.6 Å². The maximum absolute atomic E-state index is 13.0. The Labute approximate surface area is 144 Å². The number of ether oxygens (including phenoxy) is 1. The highest BCUT2D eigenvalue weighted by Gasteiger charge is 2.22. The van der Waals surface area contributed by atoms with Crippen molar-refractivity contribution in [1.29, 1.82) is 0 Å². The number of carbonyl (C=O) groups excluding carboxylic acids is 1. The second kappa shape index (κ2) is 6.74. The van der Waals surface area contributed by atoms with Gasteiger partial charge in [-0.1, -0.05) is 18.2 Å². The number of hydrogen-bond donors (Lipinski definition) is 2. The number of morpholine rings is 1. The number of hydrogen-bond acceptors (Lipinski definition) is 4. The van der Waals surface area contributed by atoms with E-state index in [1.807, 2.05) is 12.1 Å². The molecule has 5 nitrogen and oxygen atoms in total. The smallest absolute Gasteiger partial charge is 0.256 e. The van der Waals surface area contributed by atoms with Gasteiger partial charge in [0, 0.05) is 24.2 Å². The molecule has 2 aromatic rings. The molecule has 2 heterocycles. The second-order valence-corrected chi connectivity index (χ2v) is 6.11. The Balaban J connectivity index is 1.49. The zero-order chi connectivity index (χ0) is 17.2. The van der Waals surface area contributed by atoms with Gasteiger partial charge in [-0.3, -0.25) is 9.79 Å². The van der Waals surface area contributed by atoms with Crippen LogP contribution in [0.1, 0.15) is 33.2 Å². The molecule has 1 fully saturated rings. The fraction of sp³-hybridized carbons (Fsp3) is 0.263. The van der Waals surface area contributed by atoms with Gasteiger partial charge < -0.3 is 15.4 Å². The maximum Gasteiger partial charge on any atom is 0.256 e. The number of nitrogens with zero attached hydrogens (tertiary/aromatic N) is 1. The molecule has 0 radical (unpaired) electrons. The molecule has 1 unspecified atom stereocenters. The minimum atomic E-state index is -0.368. The van der Waals surface area contributed by atoms with E-state index in [1.54, 1.807) is 0 Å². The molecule has 1 atom stereocenters. The van der Waals surface area contributed by atoms with Gasteiger partial charge in [-0.25, -0.2) is 4.39 Å². The monoisotopic (exact) mass is 339 g/mol. The fourth-order valence-corrected chi connectivity index (χ4v) is 3.09. The molecule has 4 rings (SSSR count). The van der Waals surface area contributed by atoms with Crippen LogP contribution in [-0.2, 0) is 11.3 Å². The van der Waals surface area contributed by atoms with E-state index >= 15 is 0 Å². The Hall–Kier alpha value is -2.57. The highest BCUT2D eigenvalue weighted by molar-refractivity contribution is 6.14. The molecular formula is C19H18FN3O2. The van der Waals surface area contributed by atoms with E-state index in [0.29, 0.717) is 24.6 Å². The van der Waals surface area contributed by atoms with E-state index in [0.717, 1.165) is 29.8 Å². The summed E-state index contributed by atoms with van der Waals surface area (Å²) in [6.07, 6.45) is 0.0527. The summed E-state index contributed by atoms with van der Waals surface area (Å²) in [6, 6.07) is 11.5. The molecule has 2 N–H and O–H groups in total. The number of carbonyl (C=O) groups is 1. The molecule has 25 heavy (non-hydrogen) atoms. The number of nitrogens with one attached hydrogen (secondary N) is 2. The predicted molar refractivity (Wildman–Crippen MR) is 92.1 cm³/mol. The average molecular weight is 339 g/mol. The lowest BCUT2D eigenvalue weighted by atomic mass is 10.0. The highest BCUT2D eigenvalue weighted by Crippen LogP contribution is 2.25. The van der Waals surface area contributed by atoms with Crippen LogP contribution in [-0.4, -0.2) is 31.4 Å². The van der Waals surface area contributed by atoms with Gasteiger partial charge in [0.05, 0.1) is 19.3 Å². The minimum Gasteiger partial charge on any atom is -0.371 e. The topological polar surface area (TPSA) is 62.7 Å². The fourth-order valence-electron chi connectivity index (χ4n) is 3.09. The van der Waals surface area contributed by atoms with Gasteiger partial charge in [0.2, 0.25) is 0 Å². The van der Waals surface area contributed by atoms with E-state index in [-0.39, 0.29) is 17.8 Å². The van der Waals surface area contributed by atoms with Gasteiger partial charge in [-0.05, 0) is 35.4 Å². The first-order chi connectivity index (χ1) is 12.2. The van der Waals surface area contributed by atoms with Crippen molar-refractivity contribution < 1.29 is 13.9 Å². The van der Waals surface area contributed by atoms with Gasteiger partial charge in [-0.2, -0.15) is 0 Å². The van der Waals surface area contributed by atoms with E-state index in [4.69, 9.17) is 4.74 Å². The number of halogens is 1. The summed E-state index contributed by atoms with van der Waals surface area (Å²) in [5, 5.41) is 6.14. The molecule has 0 aromatic heterocycles. The van der Waals surface area contributed by atoms with Crippen molar-refractivity contribution in [2.24, 2.45) is 4.99 Å². The molecule has 128 valence electrons. The first-order valence-corrected chi connectivity index (χ1v) is 8.27. The van der Waals surface area contributed by atoms with Gasteiger partial charge in [0.1, 0.15) is 11.7 Å². The van der Waals surface area contributed by atoms with Crippen molar-refractivity contribution in [2.75, 3.05) is 19.7 Å². The molecule has 2 aliphatic rings. The molecule has 1 amide bonds. The Bertz CT molecular complexity index is 827. The van der Waals surface area contributed by atoms with Gasteiger partial charge >= 0.3 is 0 Å². The van der Waals surface area contributed by atoms with Crippen LogP contribution in [0.5, 0.6) is 0 Å². The summed E-state index contributed by atoms with van der Waals surface area (Å²) in [4.78, 5) is 16.7.